The van der Waals surface area contributed by atoms with Crippen LogP contribution in [0.15, 0.2) is 29.8 Å². The maximum atomic E-state index is 4.46. The van der Waals surface area contributed by atoms with Gasteiger partial charge >= 0.3 is 0 Å². The highest BCUT2D eigenvalue weighted by Crippen LogP contribution is 2.23. The molecule has 0 saturated carbocycles. The fourth-order valence-corrected chi connectivity index (χ4v) is 2.90. The van der Waals surface area contributed by atoms with Crippen molar-refractivity contribution in [3.63, 3.8) is 0 Å². The first-order valence-electron chi connectivity index (χ1n) is 7.29. The Hall–Kier alpha value is -1.39. The monoisotopic (exact) mass is 303 g/mol. The lowest BCUT2D eigenvalue weighted by Gasteiger charge is -2.25. The lowest BCUT2D eigenvalue weighted by atomic mass is 10.1. The van der Waals surface area contributed by atoms with Crippen LogP contribution in [-0.4, -0.2) is 17.6 Å². The van der Waals surface area contributed by atoms with Gasteiger partial charge in [0.2, 0.25) is 0 Å². The average molecular weight is 303 g/mol. The lowest BCUT2D eigenvalue weighted by Crippen LogP contribution is -2.35. The van der Waals surface area contributed by atoms with Crippen molar-refractivity contribution < 1.29 is 0 Å². The zero-order valence-electron chi connectivity index (χ0n) is 13.6. The van der Waals surface area contributed by atoms with E-state index in [0.29, 0.717) is 0 Å². The zero-order valence-corrected chi connectivity index (χ0v) is 14.4. The molecular formula is C17H25N3S. The van der Waals surface area contributed by atoms with Crippen LogP contribution in [0.4, 0.5) is 5.69 Å². The minimum Gasteiger partial charge on any atom is -0.369 e. The summed E-state index contributed by atoms with van der Waals surface area (Å²) in [4.78, 5) is 8.14. The van der Waals surface area contributed by atoms with Gasteiger partial charge in [-0.3, -0.25) is 4.98 Å². The molecule has 2 heterocycles. The average Bonchev–Trinajstić information content (AvgIpc) is 2.89. The van der Waals surface area contributed by atoms with Gasteiger partial charge in [0.1, 0.15) is 0 Å². The molecule has 0 unspecified atom stereocenters. The van der Waals surface area contributed by atoms with Crippen molar-refractivity contribution in [3.05, 3.63) is 45.9 Å². The number of hydrogen-bond acceptors (Lipinski definition) is 4. The minimum atomic E-state index is 0.106. The normalized spacial score (nSPS) is 11.7. The summed E-state index contributed by atoms with van der Waals surface area (Å²) in [5.41, 5.74) is 3.67. The first-order valence-corrected chi connectivity index (χ1v) is 8.17. The number of rotatable bonds is 5. The third kappa shape index (κ3) is 4.83. The van der Waals surface area contributed by atoms with E-state index in [-0.39, 0.29) is 5.54 Å². The summed E-state index contributed by atoms with van der Waals surface area (Å²) in [5.74, 6) is 0. The molecule has 0 bridgehead atoms. The standard InChI is InChI=1S/C17H25N3S/c1-13-9-16(20(5)12-15-7-6-8-21-15)14(10-18-13)11-19-17(2,3)4/h6-10,19H,11-12H2,1-5H3. The van der Waals surface area contributed by atoms with Gasteiger partial charge in [-0.15, -0.1) is 11.3 Å². The van der Waals surface area contributed by atoms with E-state index in [9.17, 15) is 0 Å². The molecule has 114 valence electrons. The van der Waals surface area contributed by atoms with E-state index in [1.54, 1.807) is 11.3 Å². The summed E-state index contributed by atoms with van der Waals surface area (Å²) >= 11 is 1.80. The molecule has 2 aromatic heterocycles. The molecule has 0 aliphatic heterocycles. The first-order chi connectivity index (χ1) is 9.85. The van der Waals surface area contributed by atoms with Gasteiger partial charge in [-0.25, -0.2) is 0 Å². The number of pyridine rings is 1. The highest BCUT2D eigenvalue weighted by atomic mass is 32.1. The summed E-state index contributed by atoms with van der Waals surface area (Å²) < 4.78 is 0. The third-order valence-electron chi connectivity index (χ3n) is 3.29. The quantitative estimate of drug-likeness (QED) is 0.905. The highest BCUT2D eigenvalue weighted by molar-refractivity contribution is 7.09. The summed E-state index contributed by atoms with van der Waals surface area (Å²) in [5, 5.41) is 5.68. The van der Waals surface area contributed by atoms with E-state index in [1.165, 1.54) is 16.1 Å². The Labute approximate surface area is 132 Å². The molecule has 4 heteroatoms. The molecule has 0 fully saturated rings. The number of aromatic nitrogens is 1. The molecule has 3 nitrogen and oxygen atoms in total. The molecule has 0 amide bonds. The van der Waals surface area contributed by atoms with Crippen LogP contribution in [0.3, 0.4) is 0 Å². The summed E-state index contributed by atoms with van der Waals surface area (Å²) in [6, 6.07) is 6.46. The third-order valence-corrected chi connectivity index (χ3v) is 4.15. The van der Waals surface area contributed by atoms with Crippen LogP contribution >= 0.6 is 11.3 Å². The Morgan fingerprint density at radius 1 is 1.33 bits per heavy atom. The van der Waals surface area contributed by atoms with Gasteiger partial charge in [-0.05, 0) is 45.2 Å². The van der Waals surface area contributed by atoms with Crippen molar-refractivity contribution >= 4 is 17.0 Å². The zero-order chi connectivity index (χ0) is 15.5. The number of nitrogens with one attached hydrogen (secondary N) is 1. The van der Waals surface area contributed by atoms with E-state index in [4.69, 9.17) is 0 Å². The second kappa shape index (κ2) is 6.58. The Morgan fingerprint density at radius 3 is 2.71 bits per heavy atom. The largest absolute Gasteiger partial charge is 0.369 e. The number of aryl methyl sites for hydroxylation is 1. The Balaban J connectivity index is 2.18. The van der Waals surface area contributed by atoms with Gasteiger partial charge in [0.15, 0.2) is 0 Å². The van der Waals surface area contributed by atoms with Crippen LogP contribution in [0, 0.1) is 6.92 Å². The van der Waals surface area contributed by atoms with Crippen molar-refractivity contribution in [3.8, 4) is 0 Å². The minimum absolute atomic E-state index is 0.106. The van der Waals surface area contributed by atoms with Gasteiger partial charge in [-0.2, -0.15) is 0 Å². The van der Waals surface area contributed by atoms with E-state index >= 15 is 0 Å². The van der Waals surface area contributed by atoms with E-state index in [1.807, 2.05) is 13.1 Å². The molecule has 0 aliphatic carbocycles. The van der Waals surface area contributed by atoms with Crippen LogP contribution in [0.25, 0.3) is 0 Å². The summed E-state index contributed by atoms with van der Waals surface area (Å²) in [6.07, 6.45) is 1.99. The van der Waals surface area contributed by atoms with Crippen LogP contribution in [-0.2, 0) is 13.1 Å². The van der Waals surface area contributed by atoms with Crippen molar-refractivity contribution in [1.82, 2.24) is 10.3 Å². The molecule has 2 aromatic rings. The van der Waals surface area contributed by atoms with Gasteiger partial charge in [0.05, 0.1) is 6.54 Å². The fraction of sp³-hybridized carbons (Fsp3) is 0.471. The van der Waals surface area contributed by atoms with Crippen molar-refractivity contribution in [2.45, 2.75) is 46.3 Å². The van der Waals surface area contributed by atoms with Crippen LogP contribution in [0.5, 0.6) is 0 Å². The molecule has 0 saturated heterocycles. The summed E-state index contributed by atoms with van der Waals surface area (Å²) in [6.45, 7) is 10.4. The van der Waals surface area contributed by atoms with Gasteiger partial charge in [0.25, 0.3) is 0 Å². The van der Waals surface area contributed by atoms with Crippen LogP contribution < -0.4 is 10.2 Å². The molecule has 0 aliphatic rings. The summed E-state index contributed by atoms with van der Waals surface area (Å²) in [7, 11) is 2.15. The Bertz CT molecular complexity index is 570. The van der Waals surface area contributed by atoms with E-state index in [0.717, 1.165) is 18.8 Å². The second-order valence-corrected chi connectivity index (χ2v) is 7.53. The van der Waals surface area contributed by atoms with Crippen LogP contribution in [0.1, 0.15) is 36.9 Å². The maximum Gasteiger partial charge on any atom is 0.0519 e. The Kier molecular flexibility index (Phi) is 5.01. The molecule has 0 atom stereocenters. The molecule has 1 N–H and O–H groups in total. The number of hydrogen-bond donors (Lipinski definition) is 1. The van der Waals surface area contributed by atoms with Crippen LogP contribution in [0.2, 0.25) is 0 Å². The molecule has 0 spiro atoms. The van der Waals surface area contributed by atoms with Crippen molar-refractivity contribution in [2.75, 3.05) is 11.9 Å². The molecule has 0 aromatic carbocycles. The number of nitrogens with zero attached hydrogens (tertiary/aromatic N) is 2. The highest BCUT2D eigenvalue weighted by Gasteiger charge is 2.13. The lowest BCUT2D eigenvalue weighted by molar-refractivity contribution is 0.424. The van der Waals surface area contributed by atoms with Crippen molar-refractivity contribution in [1.29, 1.82) is 0 Å². The SMILES string of the molecule is Cc1cc(N(C)Cc2cccs2)c(CNC(C)(C)C)cn1. The van der Waals surface area contributed by atoms with Crippen molar-refractivity contribution in [2.24, 2.45) is 0 Å². The van der Waals surface area contributed by atoms with E-state index in [2.05, 4.69) is 66.6 Å². The van der Waals surface area contributed by atoms with Gasteiger partial charge in [-0.1, -0.05) is 6.07 Å². The first kappa shape index (κ1) is 16.0. The molecule has 0 radical (unpaired) electrons. The smallest absolute Gasteiger partial charge is 0.0519 e. The molecular weight excluding hydrogens is 278 g/mol. The number of anilines is 1. The molecule has 21 heavy (non-hydrogen) atoms. The maximum absolute atomic E-state index is 4.46. The fourth-order valence-electron chi connectivity index (χ4n) is 2.15. The predicted octanol–water partition coefficient (Wildman–Crippen LogP) is 3.98. The Morgan fingerprint density at radius 2 is 2.10 bits per heavy atom. The predicted molar refractivity (Wildman–Crippen MR) is 92.0 cm³/mol. The van der Waals surface area contributed by atoms with Gasteiger partial charge in [0, 0.05) is 47.2 Å². The van der Waals surface area contributed by atoms with E-state index < -0.39 is 0 Å². The number of thiophene rings is 1. The molecule has 2 rings (SSSR count). The van der Waals surface area contributed by atoms with Gasteiger partial charge < -0.3 is 10.2 Å². The second-order valence-electron chi connectivity index (χ2n) is 6.49. The topological polar surface area (TPSA) is 28.2 Å².